The molecule has 0 radical (unpaired) electrons. The maximum atomic E-state index is 12.7. The van der Waals surface area contributed by atoms with E-state index in [-0.39, 0.29) is 11.6 Å². The molecular weight excluding hydrogens is 897 g/mol. The summed E-state index contributed by atoms with van der Waals surface area (Å²) in [6.45, 7) is 15.7. The maximum absolute atomic E-state index is 12.7. The number of halogens is 1. The molecule has 0 unspecified atom stereocenters. The van der Waals surface area contributed by atoms with Gasteiger partial charge in [-0.25, -0.2) is 19.0 Å². The van der Waals surface area contributed by atoms with E-state index in [1.165, 1.54) is 12.8 Å². The lowest BCUT2D eigenvalue weighted by Gasteiger charge is -2.19. The van der Waals surface area contributed by atoms with E-state index < -0.39 is 11.2 Å². The zero-order valence-electron chi connectivity index (χ0n) is 39.0. The summed E-state index contributed by atoms with van der Waals surface area (Å²) in [5.41, 5.74) is 10.2. The minimum Gasteiger partial charge on any atom is -0.437 e. The summed E-state index contributed by atoms with van der Waals surface area (Å²) in [6, 6.07) is 21.5. The smallest absolute Gasteiger partial charge is 0.239 e. The van der Waals surface area contributed by atoms with Gasteiger partial charge in [0.15, 0.2) is 22.9 Å². The second-order valence-electron chi connectivity index (χ2n) is 19.5. The van der Waals surface area contributed by atoms with Gasteiger partial charge in [0, 0.05) is 54.3 Å². The molecule has 2 fully saturated rings. The van der Waals surface area contributed by atoms with Crippen molar-refractivity contribution >= 4 is 50.2 Å². The normalized spacial score (nSPS) is 14.0. The molecule has 0 amide bonds. The van der Waals surface area contributed by atoms with Crippen LogP contribution in [0.4, 0.5) is 11.4 Å². The highest BCUT2D eigenvalue weighted by molar-refractivity contribution is 9.10. The van der Waals surface area contributed by atoms with Gasteiger partial charge in [-0.2, -0.15) is 5.10 Å². The lowest BCUT2D eigenvalue weighted by molar-refractivity contribution is 0.0939. The number of hydrogen-bond acceptors (Lipinski definition) is 11. The van der Waals surface area contributed by atoms with Crippen LogP contribution in [-0.4, -0.2) is 75.3 Å². The molecule has 14 heteroatoms. The number of aryl methyl sites for hydroxylation is 4. The monoisotopic (exact) mass is 954 g/mol. The first-order valence-electron chi connectivity index (χ1n) is 22.7. The van der Waals surface area contributed by atoms with Crippen molar-refractivity contribution in [3.63, 3.8) is 0 Å². The van der Waals surface area contributed by atoms with Crippen molar-refractivity contribution in [2.75, 3.05) is 23.7 Å². The van der Waals surface area contributed by atoms with Crippen LogP contribution in [0, 0.1) is 39.5 Å². The number of ketones is 2. The second kappa shape index (κ2) is 18.7. The van der Waals surface area contributed by atoms with Gasteiger partial charge in [-0.1, -0.05) is 30.3 Å². The fraction of sp³-hybridized carbons (Fsp3) is 0.385. The van der Waals surface area contributed by atoms with E-state index in [1.807, 2.05) is 82.3 Å². The van der Waals surface area contributed by atoms with Crippen LogP contribution >= 0.6 is 15.9 Å². The number of rotatable bonds is 16. The van der Waals surface area contributed by atoms with Crippen molar-refractivity contribution in [3.05, 3.63) is 117 Å². The first-order chi connectivity index (χ1) is 31.3. The number of Topliss-reactive ketones (excluding diaryl/α,β-unsaturated/α-hetero) is 2. The number of carbonyl (C=O) groups is 2. The molecule has 13 nitrogen and oxygen atoms in total. The number of nitrogens with zero attached hydrogens (tertiary/aromatic N) is 6. The third-order valence-corrected chi connectivity index (χ3v) is 12.1. The third kappa shape index (κ3) is 11.5. The van der Waals surface area contributed by atoms with Gasteiger partial charge >= 0.3 is 0 Å². The minimum absolute atomic E-state index is 0.213. The topological polar surface area (TPSA) is 168 Å². The van der Waals surface area contributed by atoms with E-state index in [4.69, 9.17) is 9.84 Å². The molecular formula is C52H59BrN8O5. The highest BCUT2D eigenvalue weighted by atomic mass is 79.9. The average molecular weight is 956 g/mol. The number of nitrogens with one attached hydrogen (secondary N) is 2. The van der Waals surface area contributed by atoms with Gasteiger partial charge in [0.1, 0.15) is 10.4 Å². The quantitative estimate of drug-likeness (QED) is 0.0680. The summed E-state index contributed by atoms with van der Waals surface area (Å²) in [7, 11) is 0. The average Bonchev–Trinajstić information content (AvgIpc) is 4.15. The van der Waals surface area contributed by atoms with Crippen LogP contribution in [0.2, 0.25) is 0 Å². The van der Waals surface area contributed by atoms with Crippen LogP contribution in [-0.2, 0) is 0 Å². The molecule has 344 valence electrons. The Morgan fingerprint density at radius 2 is 1.12 bits per heavy atom. The molecule has 66 heavy (non-hydrogen) atoms. The van der Waals surface area contributed by atoms with E-state index in [0.29, 0.717) is 71.0 Å². The van der Waals surface area contributed by atoms with Crippen molar-refractivity contribution in [1.82, 2.24) is 29.2 Å². The first kappa shape index (κ1) is 46.6. The Bertz CT molecular complexity index is 2930. The number of carbonyl (C=O) groups excluding carboxylic acids is 2. The number of fused-ring (bicyclic) bond motifs is 2. The van der Waals surface area contributed by atoms with E-state index in [9.17, 15) is 19.8 Å². The number of ether oxygens (including phenoxy) is 1. The number of imidazole rings is 2. The highest BCUT2D eigenvalue weighted by Crippen LogP contribution is 2.36. The predicted octanol–water partition coefficient (Wildman–Crippen LogP) is 10.9. The van der Waals surface area contributed by atoms with E-state index >= 15 is 0 Å². The van der Waals surface area contributed by atoms with Crippen molar-refractivity contribution in [2.45, 2.75) is 105 Å². The third-order valence-electron chi connectivity index (χ3n) is 11.7. The number of aromatic nitrogens is 6. The van der Waals surface area contributed by atoms with Gasteiger partial charge in [-0.3, -0.25) is 9.59 Å². The summed E-state index contributed by atoms with van der Waals surface area (Å²) in [6.07, 6.45) is 9.51. The second-order valence-corrected chi connectivity index (χ2v) is 20.3. The molecule has 2 saturated carbocycles. The Morgan fingerprint density at radius 3 is 1.56 bits per heavy atom. The highest BCUT2D eigenvalue weighted by Gasteiger charge is 2.27. The Hall–Kier alpha value is -5.96. The number of benzene rings is 3. The van der Waals surface area contributed by atoms with Gasteiger partial charge in [0.05, 0.1) is 46.4 Å². The van der Waals surface area contributed by atoms with Gasteiger partial charge in [0.2, 0.25) is 5.88 Å². The Labute approximate surface area is 394 Å². The first-order valence-corrected chi connectivity index (χ1v) is 23.5. The number of anilines is 2. The molecule has 0 bridgehead atoms. The zero-order valence-corrected chi connectivity index (χ0v) is 40.6. The SMILES string of the molecule is Cc1cc(-c2cnc3c(NCC(C)(C)O)cc(Br)nn23)ccc1C(=O)CC1CC1.Cc1cc(C)cc(Oc2cc(NCC(C)(C)O)c3ncc(-c4ccc(C(=O)CC5CC5)c(C)c4)n3n2)c1. The van der Waals surface area contributed by atoms with Crippen LogP contribution in [0.1, 0.15) is 109 Å². The molecule has 4 heterocycles. The lowest BCUT2D eigenvalue weighted by Crippen LogP contribution is -2.29. The maximum Gasteiger partial charge on any atom is 0.239 e. The molecule has 3 aromatic carbocycles. The van der Waals surface area contributed by atoms with Crippen LogP contribution in [0.5, 0.6) is 11.6 Å². The lowest BCUT2D eigenvalue weighted by atomic mass is 9.98. The Balaban J connectivity index is 0.000000185. The molecule has 4 aromatic heterocycles. The summed E-state index contributed by atoms with van der Waals surface area (Å²) in [5, 5.41) is 36.2. The zero-order chi connectivity index (χ0) is 47.1. The summed E-state index contributed by atoms with van der Waals surface area (Å²) < 4.78 is 10.4. The van der Waals surface area contributed by atoms with Crippen molar-refractivity contribution in [2.24, 2.45) is 11.8 Å². The van der Waals surface area contributed by atoms with E-state index in [1.54, 1.807) is 55.2 Å². The van der Waals surface area contributed by atoms with Crippen LogP contribution in [0.25, 0.3) is 33.8 Å². The largest absolute Gasteiger partial charge is 0.437 e. The number of aliphatic hydroxyl groups is 2. The van der Waals surface area contributed by atoms with E-state index in [2.05, 4.69) is 47.7 Å². The molecule has 2 aliphatic carbocycles. The standard InChI is InChI=1S/C30H34N4O3.C22H25BrN4O2/c1-18-10-19(2)12-23(11-18)37-28-15-25(32-17-30(4,5)36)29-31-16-26(34(29)33-28)22-8-9-24(20(3)13-22)27(35)14-21-6-7-21;1-13-8-15(6-7-16(13)19(28)9-14-4-5-14)18-11-24-21-17(25-12-22(2,3)29)10-20(23)26-27(18)21/h8-13,15-16,21,32,36H,6-7,14,17H2,1-5H3;6-8,10-11,14,25,29H,4-5,9,12H2,1-3H3. The summed E-state index contributed by atoms with van der Waals surface area (Å²) in [4.78, 5) is 34.4. The van der Waals surface area contributed by atoms with Gasteiger partial charge in [-0.15, -0.1) is 5.10 Å². The molecule has 9 rings (SSSR count). The fourth-order valence-electron chi connectivity index (χ4n) is 7.98. The summed E-state index contributed by atoms with van der Waals surface area (Å²) in [5.74, 6) is 2.69. The van der Waals surface area contributed by atoms with Crippen LogP contribution in [0.3, 0.4) is 0 Å². The van der Waals surface area contributed by atoms with E-state index in [0.717, 1.165) is 74.4 Å². The molecule has 4 N–H and O–H groups in total. The number of hydrogen-bond donors (Lipinski definition) is 4. The Kier molecular flexibility index (Phi) is 13.2. The van der Waals surface area contributed by atoms with Crippen LogP contribution < -0.4 is 15.4 Å². The van der Waals surface area contributed by atoms with Gasteiger partial charge < -0.3 is 25.6 Å². The van der Waals surface area contributed by atoms with Crippen molar-refractivity contribution in [1.29, 1.82) is 0 Å². The predicted molar refractivity (Wildman–Crippen MR) is 263 cm³/mol. The molecule has 2 aliphatic rings. The fourth-order valence-corrected chi connectivity index (χ4v) is 8.37. The molecule has 0 saturated heterocycles. The minimum atomic E-state index is -0.912. The summed E-state index contributed by atoms with van der Waals surface area (Å²) >= 11 is 3.46. The van der Waals surface area contributed by atoms with Crippen molar-refractivity contribution < 1.29 is 24.5 Å². The van der Waals surface area contributed by atoms with Gasteiger partial charge in [-0.05, 0) is 161 Å². The molecule has 0 aliphatic heterocycles. The molecule has 7 aromatic rings. The molecule has 0 spiro atoms. The molecule has 0 atom stereocenters. The van der Waals surface area contributed by atoms with Crippen molar-refractivity contribution in [3.8, 4) is 34.1 Å². The van der Waals surface area contributed by atoms with Gasteiger partial charge in [0.25, 0.3) is 0 Å². The Morgan fingerprint density at radius 1 is 0.667 bits per heavy atom. The van der Waals surface area contributed by atoms with Crippen LogP contribution in [0.15, 0.2) is 83.7 Å².